The molecule has 2 aromatic heterocycles. The Morgan fingerprint density at radius 1 is 1.21 bits per heavy atom. The molecule has 2 heterocycles. The van der Waals surface area contributed by atoms with E-state index in [4.69, 9.17) is 25.9 Å². The number of methoxy groups -OCH3 is 1. The number of ether oxygens (including phenoxy) is 2. The molecule has 9 heteroatoms. The zero-order valence-corrected chi connectivity index (χ0v) is 20.7. The maximum Gasteiger partial charge on any atom is 0.143 e. The number of nitrogens with two attached hydrogens (primary N) is 1. The van der Waals surface area contributed by atoms with Crippen LogP contribution in [0.2, 0.25) is 5.02 Å². The van der Waals surface area contributed by atoms with E-state index in [-0.39, 0.29) is 6.54 Å². The zero-order valence-electron chi connectivity index (χ0n) is 19.2. The minimum atomic E-state index is -1.02. The Balaban J connectivity index is 0.000000751. The van der Waals surface area contributed by atoms with Gasteiger partial charge in [0.05, 0.1) is 27.9 Å². The zero-order chi connectivity index (χ0) is 24.5. The van der Waals surface area contributed by atoms with Crippen LogP contribution in [0.5, 0.6) is 5.75 Å². The average Bonchev–Trinajstić information content (AvgIpc) is 3.25. The molecule has 0 radical (unpaired) electrons. The maximum atomic E-state index is 12.3. The number of nitrogens with zero attached hydrogens (tertiary/aromatic N) is 1. The lowest BCUT2D eigenvalue weighted by Crippen LogP contribution is -2.01. The van der Waals surface area contributed by atoms with E-state index in [1.54, 1.807) is 13.3 Å². The molecule has 0 bridgehead atoms. The van der Waals surface area contributed by atoms with Crippen molar-refractivity contribution in [2.24, 2.45) is 5.73 Å². The van der Waals surface area contributed by atoms with E-state index in [0.29, 0.717) is 30.3 Å². The monoisotopic (exact) mass is 501 g/mol. The topological polar surface area (TPSA) is 107 Å². The number of aromatic nitrogens is 2. The van der Waals surface area contributed by atoms with Crippen LogP contribution in [0.4, 0.5) is 0 Å². The predicted molar refractivity (Wildman–Crippen MR) is 138 cm³/mol. The third-order valence-electron chi connectivity index (χ3n) is 5.05. The molecular formula is C25H28ClN3O4S. The summed E-state index contributed by atoms with van der Waals surface area (Å²) in [5.74, 6) is 1.34. The molecule has 0 aliphatic heterocycles. The van der Waals surface area contributed by atoms with Gasteiger partial charge in [-0.25, -0.2) is 4.98 Å². The standard InChI is InChI=1S/C23H23ClN2O3S.C2H5NO/c1-3-30(27)17-7-4-6-15(12-17)18-8-9-20(29-11-5-10-28-2)22-21(18)19-13-16(24)14-25-23(19)26-22;3-1-2-4/h4,6-9,12-14H,3,5,10-11H2,1-2H3,(H,25,26);2H,1,3H2. The van der Waals surface area contributed by atoms with Crippen LogP contribution in [-0.4, -0.2) is 53.1 Å². The molecule has 2 aromatic carbocycles. The summed E-state index contributed by atoms with van der Waals surface area (Å²) in [6.07, 6.45) is 3.08. The van der Waals surface area contributed by atoms with Crippen molar-refractivity contribution in [2.75, 3.05) is 32.6 Å². The Labute approximate surface area is 206 Å². The molecule has 0 saturated carbocycles. The van der Waals surface area contributed by atoms with Gasteiger partial charge in [0.25, 0.3) is 0 Å². The Morgan fingerprint density at radius 3 is 2.71 bits per heavy atom. The van der Waals surface area contributed by atoms with Crippen LogP contribution >= 0.6 is 11.6 Å². The van der Waals surface area contributed by atoms with E-state index in [1.807, 2.05) is 49.4 Å². The molecule has 0 aliphatic carbocycles. The van der Waals surface area contributed by atoms with Crippen molar-refractivity contribution >= 4 is 50.6 Å². The number of benzene rings is 2. The van der Waals surface area contributed by atoms with Gasteiger partial charge in [0, 0.05) is 54.3 Å². The van der Waals surface area contributed by atoms with E-state index in [0.717, 1.165) is 50.1 Å². The second-order valence-electron chi connectivity index (χ2n) is 7.30. The Bertz CT molecular complexity index is 1290. The average molecular weight is 502 g/mol. The Morgan fingerprint density at radius 2 is 2.00 bits per heavy atom. The van der Waals surface area contributed by atoms with Gasteiger partial charge < -0.3 is 25.0 Å². The number of H-pyrrole nitrogens is 1. The van der Waals surface area contributed by atoms with E-state index < -0.39 is 10.8 Å². The van der Waals surface area contributed by atoms with E-state index >= 15 is 0 Å². The summed E-state index contributed by atoms with van der Waals surface area (Å²) in [5, 5.41) is 2.49. The quantitative estimate of drug-likeness (QED) is 0.254. The Kier molecular flexibility index (Phi) is 9.59. The smallest absolute Gasteiger partial charge is 0.143 e. The molecule has 0 amide bonds. The predicted octanol–water partition coefficient (Wildman–Crippen LogP) is 4.72. The molecule has 1 unspecified atom stereocenters. The third kappa shape index (κ3) is 6.01. The number of halogens is 1. The highest BCUT2D eigenvalue weighted by atomic mass is 35.5. The minimum Gasteiger partial charge on any atom is -0.491 e. The van der Waals surface area contributed by atoms with Crippen molar-refractivity contribution in [3.8, 4) is 16.9 Å². The molecule has 180 valence electrons. The number of carbonyl (C=O) groups excluding carboxylic acids is 1. The number of hydrogen-bond acceptors (Lipinski definition) is 6. The summed E-state index contributed by atoms with van der Waals surface area (Å²) < 4.78 is 23.5. The lowest BCUT2D eigenvalue weighted by Gasteiger charge is -2.11. The molecule has 0 saturated heterocycles. The molecule has 4 rings (SSSR count). The van der Waals surface area contributed by atoms with E-state index in [2.05, 4.69) is 15.7 Å². The second-order valence-corrected chi connectivity index (χ2v) is 9.47. The number of fused-ring (bicyclic) bond motifs is 3. The number of aromatic amines is 1. The van der Waals surface area contributed by atoms with Crippen LogP contribution < -0.4 is 10.5 Å². The summed E-state index contributed by atoms with van der Waals surface area (Å²) in [5.41, 5.74) is 8.28. The fourth-order valence-electron chi connectivity index (χ4n) is 3.55. The molecule has 0 aliphatic rings. The maximum absolute atomic E-state index is 12.3. The largest absolute Gasteiger partial charge is 0.491 e. The highest BCUT2D eigenvalue weighted by Crippen LogP contribution is 2.39. The first kappa shape index (κ1) is 25.8. The van der Waals surface area contributed by atoms with Crippen molar-refractivity contribution in [3.63, 3.8) is 0 Å². The fourth-order valence-corrected chi connectivity index (χ4v) is 4.53. The molecule has 4 aromatic rings. The molecule has 7 nitrogen and oxygen atoms in total. The van der Waals surface area contributed by atoms with E-state index in [1.165, 1.54) is 0 Å². The van der Waals surface area contributed by atoms with Gasteiger partial charge in [0.15, 0.2) is 0 Å². The van der Waals surface area contributed by atoms with Crippen LogP contribution in [0, 0.1) is 0 Å². The normalized spacial score (nSPS) is 11.8. The summed E-state index contributed by atoms with van der Waals surface area (Å²) in [7, 11) is 0.662. The number of aldehydes is 1. The van der Waals surface area contributed by atoms with Crippen molar-refractivity contribution < 1.29 is 18.5 Å². The fraction of sp³-hybridized carbons (Fsp3) is 0.280. The number of pyridine rings is 1. The SMILES string of the molecule is CCS(=O)c1cccc(-c2ccc(OCCCOC)c3[nH]c4ncc(Cl)cc4c23)c1.NCC=O. The van der Waals surface area contributed by atoms with Gasteiger partial charge >= 0.3 is 0 Å². The molecular weight excluding hydrogens is 474 g/mol. The van der Waals surface area contributed by atoms with Gasteiger partial charge in [-0.05, 0) is 41.5 Å². The Hall–Kier alpha value is -2.78. The van der Waals surface area contributed by atoms with Gasteiger partial charge in [-0.3, -0.25) is 4.21 Å². The first-order chi connectivity index (χ1) is 16.5. The molecule has 0 spiro atoms. The van der Waals surface area contributed by atoms with Gasteiger partial charge in [-0.1, -0.05) is 30.7 Å². The first-order valence-electron chi connectivity index (χ1n) is 10.9. The first-order valence-corrected chi connectivity index (χ1v) is 12.6. The van der Waals surface area contributed by atoms with Gasteiger partial charge in [0.1, 0.15) is 17.7 Å². The molecule has 34 heavy (non-hydrogen) atoms. The van der Waals surface area contributed by atoms with Crippen LogP contribution in [0.3, 0.4) is 0 Å². The van der Waals surface area contributed by atoms with Gasteiger partial charge in [-0.15, -0.1) is 0 Å². The summed E-state index contributed by atoms with van der Waals surface area (Å²) in [6.45, 7) is 3.26. The summed E-state index contributed by atoms with van der Waals surface area (Å²) in [6, 6.07) is 13.8. The van der Waals surface area contributed by atoms with Crippen molar-refractivity contribution in [1.82, 2.24) is 9.97 Å². The van der Waals surface area contributed by atoms with Gasteiger partial charge in [-0.2, -0.15) is 0 Å². The number of hydrogen-bond donors (Lipinski definition) is 2. The van der Waals surface area contributed by atoms with Gasteiger partial charge in [0.2, 0.25) is 0 Å². The molecule has 3 N–H and O–H groups in total. The van der Waals surface area contributed by atoms with Crippen LogP contribution in [-0.2, 0) is 20.3 Å². The van der Waals surface area contributed by atoms with Crippen molar-refractivity contribution in [3.05, 3.63) is 53.7 Å². The third-order valence-corrected chi connectivity index (χ3v) is 6.56. The van der Waals surface area contributed by atoms with Crippen LogP contribution in [0.15, 0.2) is 53.6 Å². The van der Waals surface area contributed by atoms with E-state index in [9.17, 15) is 4.21 Å². The van der Waals surface area contributed by atoms with Crippen molar-refractivity contribution in [1.29, 1.82) is 0 Å². The summed E-state index contributed by atoms with van der Waals surface area (Å²) >= 11 is 6.26. The number of rotatable bonds is 9. The second kappa shape index (κ2) is 12.6. The van der Waals surface area contributed by atoms with Crippen LogP contribution in [0.25, 0.3) is 33.1 Å². The summed E-state index contributed by atoms with van der Waals surface area (Å²) in [4.78, 5) is 17.7. The molecule has 0 fully saturated rings. The number of nitrogens with one attached hydrogen (secondary N) is 1. The minimum absolute atomic E-state index is 0.139. The van der Waals surface area contributed by atoms with Crippen LogP contribution in [0.1, 0.15) is 13.3 Å². The molecule has 1 atom stereocenters. The highest BCUT2D eigenvalue weighted by molar-refractivity contribution is 7.85. The number of carbonyl (C=O) groups is 1. The lowest BCUT2D eigenvalue weighted by molar-refractivity contribution is -0.106. The lowest BCUT2D eigenvalue weighted by atomic mass is 9.99. The highest BCUT2D eigenvalue weighted by Gasteiger charge is 2.16. The van der Waals surface area contributed by atoms with Crippen molar-refractivity contribution in [2.45, 2.75) is 18.2 Å².